The molecule has 0 N–H and O–H groups in total. The molecule has 3 aromatic carbocycles. The minimum Gasteiger partial charge on any atom is -0.265 e. The largest absolute Gasteiger partial charge is 0.265 e. The van der Waals surface area contributed by atoms with Gasteiger partial charge in [-0.25, -0.2) is 4.52 Å². The maximum absolute atomic E-state index is 4.80. The summed E-state index contributed by atoms with van der Waals surface area (Å²) in [7, 11) is 0. The maximum atomic E-state index is 4.80. The van der Waals surface area contributed by atoms with E-state index in [1.165, 1.54) is 33.0 Å². The molecule has 0 radical (unpaired) electrons. The zero-order chi connectivity index (χ0) is 20.6. The van der Waals surface area contributed by atoms with Gasteiger partial charge in [0.2, 0.25) is 0 Å². The molecule has 3 nitrogen and oxygen atoms in total. The van der Waals surface area contributed by atoms with Crippen molar-refractivity contribution < 1.29 is 0 Å². The molecule has 0 fully saturated rings. The third-order valence-electron chi connectivity index (χ3n) is 5.72. The monoisotopic (exact) mass is 397 g/mol. The minimum absolute atomic E-state index is 0.979. The maximum Gasteiger partial charge on any atom is 0.0933 e. The molecule has 0 unspecified atom stereocenters. The van der Waals surface area contributed by atoms with E-state index in [4.69, 9.17) is 5.10 Å². The number of fused-ring (bicyclic) bond motifs is 2. The Morgan fingerprint density at radius 1 is 0.516 bits per heavy atom. The van der Waals surface area contributed by atoms with Crippen LogP contribution in [-0.2, 0) is 0 Å². The lowest BCUT2D eigenvalue weighted by atomic mass is 9.98. The van der Waals surface area contributed by atoms with Crippen LogP contribution >= 0.6 is 0 Å². The lowest BCUT2D eigenvalue weighted by Crippen LogP contribution is -1.87. The van der Waals surface area contributed by atoms with Gasteiger partial charge in [-0.1, -0.05) is 66.7 Å². The van der Waals surface area contributed by atoms with Crippen LogP contribution in [0.4, 0.5) is 0 Å². The Kier molecular flexibility index (Phi) is 4.10. The van der Waals surface area contributed by atoms with Crippen molar-refractivity contribution in [2.24, 2.45) is 0 Å². The van der Waals surface area contributed by atoms with Crippen LogP contribution in [0, 0.1) is 0 Å². The van der Waals surface area contributed by atoms with Crippen molar-refractivity contribution in [1.29, 1.82) is 0 Å². The van der Waals surface area contributed by atoms with Crippen molar-refractivity contribution in [2.45, 2.75) is 0 Å². The van der Waals surface area contributed by atoms with Gasteiger partial charge in [-0.05, 0) is 58.0 Å². The molecule has 6 rings (SSSR count). The van der Waals surface area contributed by atoms with E-state index in [0.29, 0.717) is 0 Å². The van der Waals surface area contributed by atoms with Crippen molar-refractivity contribution in [3.05, 3.63) is 116 Å². The zero-order valence-corrected chi connectivity index (χ0v) is 16.8. The number of hydrogen-bond donors (Lipinski definition) is 0. The van der Waals surface area contributed by atoms with E-state index in [1.54, 1.807) is 0 Å². The van der Waals surface area contributed by atoms with Crippen LogP contribution in [-0.4, -0.2) is 14.6 Å². The Hall–Kier alpha value is -4.24. The highest BCUT2D eigenvalue weighted by Gasteiger charge is 2.07. The van der Waals surface area contributed by atoms with Gasteiger partial charge >= 0.3 is 0 Å². The van der Waals surface area contributed by atoms with Gasteiger partial charge in [0, 0.05) is 29.5 Å². The van der Waals surface area contributed by atoms with Crippen molar-refractivity contribution in [1.82, 2.24) is 14.6 Å². The molecule has 0 amide bonds. The Labute approximate surface area is 180 Å². The fourth-order valence-corrected chi connectivity index (χ4v) is 4.07. The number of hydrogen-bond acceptors (Lipinski definition) is 2. The summed E-state index contributed by atoms with van der Waals surface area (Å²) in [4.78, 5) is 4.11. The van der Waals surface area contributed by atoms with Crippen molar-refractivity contribution in [3.8, 4) is 33.5 Å². The van der Waals surface area contributed by atoms with E-state index in [1.807, 2.05) is 29.0 Å². The van der Waals surface area contributed by atoms with Gasteiger partial charge in [-0.3, -0.25) is 4.98 Å². The predicted octanol–water partition coefficient (Wildman–Crippen LogP) is 6.88. The molecule has 3 aromatic heterocycles. The van der Waals surface area contributed by atoms with Crippen LogP contribution in [0.15, 0.2) is 116 Å². The molecule has 0 bridgehead atoms. The first-order valence-corrected chi connectivity index (χ1v) is 10.3. The Balaban J connectivity index is 1.35. The molecule has 6 aromatic rings. The quantitative estimate of drug-likeness (QED) is 0.326. The fraction of sp³-hybridized carbons (Fsp3) is 0. The Morgan fingerprint density at radius 3 is 1.97 bits per heavy atom. The summed E-state index contributed by atoms with van der Waals surface area (Å²) in [6.07, 6.45) is 5.75. The van der Waals surface area contributed by atoms with E-state index >= 15 is 0 Å². The molecule has 0 atom stereocenters. The summed E-state index contributed by atoms with van der Waals surface area (Å²) >= 11 is 0. The van der Waals surface area contributed by atoms with Crippen LogP contribution in [0.2, 0.25) is 0 Å². The minimum atomic E-state index is 0.979. The number of pyridine rings is 2. The molecule has 0 aliphatic heterocycles. The average molecular weight is 397 g/mol. The molecule has 3 heteroatoms. The van der Waals surface area contributed by atoms with Gasteiger partial charge < -0.3 is 0 Å². The number of nitrogens with zero attached hydrogens (tertiary/aromatic N) is 3. The Bertz CT molecular complexity index is 1460. The molecular formula is C28H19N3. The highest BCUT2D eigenvalue weighted by Crippen LogP contribution is 2.29. The standard InChI is InChI=1S/C28H19N3/c1-2-5-26-19-31-27(17-25(26)4-1)18-28(30-31)22-10-8-20(9-11-22)23-6-3-7-24(16-23)21-12-14-29-15-13-21/h1-19H. The van der Waals surface area contributed by atoms with E-state index in [0.717, 1.165) is 16.8 Å². The van der Waals surface area contributed by atoms with Gasteiger partial charge in [0.15, 0.2) is 0 Å². The van der Waals surface area contributed by atoms with E-state index in [-0.39, 0.29) is 0 Å². The van der Waals surface area contributed by atoms with Crippen LogP contribution in [0.1, 0.15) is 0 Å². The lowest BCUT2D eigenvalue weighted by Gasteiger charge is -2.07. The number of benzene rings is 3. The summed E-state index contributed by atoms with van der Waals surface area (Å²) in [6, 6.07) is 34.0. The third kappa shape index (κ3) is 3.26. The third-order valence-corrected chi connectivity index (χ3v) is 5.72. The molecule has 31 heavy (non-hydrogen) atoms. The molecule has 0 aliphatic carbocycles. The first-order chi connectivity index (χ1) is 15.3. The van der Waals surface area contributed by atoms with E-state index in [2.05, 4.69) is 96.1 Å². The van der Waals surface area contributed by atoms with Crippen LogP contribution < -0.4 is 0 Å². The summed E-state index contributed by atoms with van der Waals surface area (Å²) in [6.45, 7) is 0. The van der Waals surface area contributed by atoms with Gasteiger partial charge in [0.05, 0.1) is 11.2 Å². The highest BCUT2D eigenvalue weighted by atomic mass is 15.2. The van der Waals surface area contributed by atoms with Gasteiger partial charge in [0.1, 0.15) is 0 Å². The molecule has 0 spiro atoms. The number of aromatic nitrogens is 3. The number of rotatable bonds is 3. The van der Waals surface area contributed by atoms with E-state index in [9.17, 15) is 0 Å². The second kappa shape index (κ2) is 7.22. The molecule has 0 saturated carbocycles. The predicted molar refractivity (Wildman–Crippen MR) is 127 cm³/mol. The van der Waals surface area contributed by atoms with Crippen molar-refractivity contribution >= 4 is 16.3 Å². The Morgan fingerprint density at radius 2 is 1.19 bits per heavy atom. The van der Waals surface area contributed by atoms with Gasteiger partial charge in [-0.2, -0.15) is 5.10 Å². The van der Waals surface area contributed by atoms with Crippen molar-refractivity contribution in [3.63, 3.8) is 0 Å². The van der Waals surface area contributed by atoms with Crippen LogP contribution in [0.3, 0.4) is 0 Å². The molecule has 3 heterocycles. The molecular weight excluding hydrogens is 378 g/mol. The van der Waals surface area contributed by atoms with Crippen LogP contribution in [0.5, 0.6) is 0 Å². The fourth-order valence-electron chi connectivity index (χ4n) is 4.07. The summed E-state index contributed by atoms with van der Waals surface area (Å²) in [5, 5.41) is 7.22. The summed E-state index contributed by atoms with van der Waals surface area (Å²) < 4.78 is 1.96. The lowest BCUT2D eigenvalue weighted by molar-refractivity contribution is 0.974. The summed E-state index contributed by atoms with van der Waals surface area (Å²) in [5.41, 5.74) is 7.94. The van der Waals surface area contributed by atoms with Gasteiger partial charge in [-0.15, -0.1) is 0 Å². The van der Waals surface area contributed by atoms with E-state index < -0.39 is 0 Å². The van der Waals surface area contributed by atoms with Crippen molar-refractivity contribution in [2.75, 3.05) is 0 Å². The topological polar surface area (TPSA) is 30.2 Å². The average Bonchev–Trinajstić information content (AvgIpc) is 3.26. The first-order valence-electron chi connectivity index (χ1n) is 10.3. The van der Waals surface area contributed by atoms with Gasteiger partial charge in [0.25, 0.3) is 0 Å². The molecule has 0 saturated heterocycles. The molecule has 0 aliphatic rings. The summed E-state index contributed by atoms with van der Waals surface area (Å²) in [5.74, 6) is 0. The normalized spacial score (nSPS) is 11.2. The highest BCUT2D eigenvalue weighted by molar-refractivity contribution is 5.86. The second-order valence-corrected chi connectivity index (χ2v) is 7.70. The SMILES string of the molecule is c1cc(-c2ccncc2)cc(-c2ccc(-c3cc4cc5ccccc5cn4n3)cc2)c1. The molecule has 146 valence electrons. The van der Waals surface area contributed by atoms with Crippen LogP contribution in [0.25, 0.3) is 49.8 Å². The smallest absolute Gasteiger partial charge is 0.0933 e. The first kappa shape index (κ1) is 17.6. The zero-order valence-electron chi connectivity index (χ0n) is 16.8. The second-order valence-electron chi connectivity index (χ2n) is 7.70.